The summed E-state index contributed by atoms with van der Waals surface area (Å²) in [4.78, 5) is 12.4. The molecule has 0 saturated carbocycles. The molecule has 27 heavy (non-hydrogen) atoms. The van der Waals surface area contributed by atoms with Gasteiger partial charge in [0.05, 0.1) is 22.6 Å². The van der Waals surface area contributed by atoms with Crippen LogP contribution < -0.4 is 11.3 Å². The summed E-state index contributed by atoms with van der Waals surface area (Å²) in [5.41, 5.74) is 7.71. The number of aromatic nitrogens is 1. The van der Waals surface area contributed by atoms with Gasteiger partial charge in [0.25, 0.3) is 5.91 Å². The molecule has 0 bridgehead atoms. The van der Waals surface area contributed by atoms with Crippen LogP contribution in [0.3, 0.4) is 0 Å². The number of nitrogens with one attached hydrogen (secondary N) is 1. The van der Waals surface area contributed by atoms with Crippen LogP contribution in [0.4, 0.5) is 0 Å². The minimum Gasteiger partial charge on any atom is -0.308 e. The van der Waals surface area contributed by atoms with E-state index >= 15 is 0 Å². The number of carbonyl (C=O) groups excluding carboxylic acids is 1. The molecule has 0 saturated heterocycles. The molecule has 3 N–H and O–H groups in total. The smallest absolute Gasteiger partial charge is 0.267 e. The van der Waals surface area contributed by atoms with Gasteiger partial charge in [-0.05, 0) is 35.4 Å². The first-order valence-electron chi connectivity index (χ1n) is 8.72. The topological polar surface area (TPSA) is 60.0 Å². The monoisotopic (exact) mass is 353 g/mol. The lowest BCUT2D eigenvalue weighted by atomic mass is 10.1. The third kappa shape index (κ3) is 3.14. The Balaban J connectivity index is 2.01. The molecule has 0 aliphatic rings. The van der Waals surface area contributed by atoms with Crippen LogP contribution >= 0.6 is 0 Å². The van der Waals surface area contributed by atoms with Gasteiger partial charge < -0.3 is 4.57 Å². The van der Waals surface area contributed by atoms with Crippen molar-refractivity contribution >= 4 is 5.91 Å². The lowest BCUT2D eigenvalue weighted by molar-refractivity contribution is 0.0953. The molecule has 1 heterocycles. The van der Waals surface area contributed by atoms with Gasteiger partial charge in [-0.3, -0.25) is 10.2 Å². The Morgan fingerprint density at radius 3 is 1.67 bits per heavy atom. The first-order chi connectivity index (χ1) is 13.3. The van der Waals surface area contributed by atoms with E-state index in [-0.39, 0.29) is 5.91 Å². The van der Waals surface area contributed by atoms with Gasteiger partial charge in [-0.15, -0.1) is 0 Å². The van der Waals surface area contributed by atoms with Crippen LogP contribution in [0.25, 0.3) is 28.2 Å². The Morgan fingerprint density at radius 2 is 1.15 bits per heavy atom. The third-order valence-corrected chi connectivity index (χ3v) is 4.54. The molecular weight excluding hydrogens is 334 g/mol. The summed E-state index contributed by atoms with van der Waals surface area (Å²) in [6, 6.07) is 31.9. The average molecular weight is 353 g/mol. The summed E-state index contributed by atoms with van der Waals surface area (Å²) in [6.45, 7) is 0. The maximum atomic E-state index is 12.4. The molecule has 0 aliphatic carbocycles. The van der Waals surface area contributed by atoms with Gasteiger partial charge in [-0.25, -0.2) is 5.84 Å². The number of benzene rings is 3. The van der Waals surface area contributed by atoms with Crippen LogP contribution in [-0.2, 0) is 0 Å². The summed E-state index contributed by atoms with van der Waals surface area (Å²) in [6.07, 6.45) is 0. The van der Waals surface area contributed by atoms with Crippen molar-refractivity contribution < 1.29 is 4.79 Å². The second-order valence-electron chi connectivity index (χ2n) is 6.16. The summed E-state index contributed by atoms with van der Waals surface area (Å²) in [5.74, 6) is 5.09. The molecule has 0 radical (unpaired) electrons. The average Bonchev–Trinajstić information content (AvgIpc) is 3.19. The van der Waals surface area contributed by atoms with Crippen LogP contribution in [0.1, 0.15) is 10.4 Å². The molecule has 0 spiro atoms. The van der Waals surface area contributed by atoms with Crippen molar-refractivity contribution in [1.82, 2.24) is 9.99 Å². The number of rotatable bonds is 4. The van der Waals surface area contributed by atoms with Crippen molar-refractivity contribution in [2.75, 3.05) is 0 Å². The fourth-order valence-corrected chi connectivity index (χ4v) is 3.30. The van der Waals surface area contributed by atoms with E-state index in [1.807, 2.05) is 54.6 Å². The largest absolute Gasteiger partial charge is 0.308 e. The van der Waals surface area contributed by atoms with E-state index in [9.17, 15) is 4.79 Å². The molecule has 0 unspecified atom stereocenters. The van der Waals surface area contributed by atoms with Crippen molar-refractivity contribution in [3.63, 3.8) is 0 Å². The molecule has 0 fully saturated rings. The first-order valence-corrected chi connectivity index (χ1v) is 8.72. The molecule has 4 nitrogen and oxygen atoms in total. The maximum absolute atomic E-state index is 12.4. The summed E-state index contributed by atoms with van der Waals surface area (Å²) in [7, 11) is 0. The van der Waals surface area contributed by atoms with Gasteiger partial charge >= 0.3 is 0 Å². The quantitative estimate of drug-likeness (QED) is 0.324. The number of nitrogens with two attached hydrogens (primary N) is 1. The Labute approximate surface area is 157 Å². The number of nitrogen functional groups attached to an aromatic ring is 1. The second kappa shape index (κ2) is 7.32. The lowest BCUT2D eigenvalue weighted by Gasteiger charge is -2.17. The molecule has 1 amide bonds. The molecule has 4 aromatic rings. The number of para-hydroxylation sites is 1. The Kier molecular flexibility index (Phi) is 4.56. The first kappa shape index (κ1) is 16.8. The van der Waals surface area contributed by atoms with Crippen molar-refractivity contribution in [2.24, 2.45) is 5.84 Å². The van der Waals surface area contributed by atoms with E-state index in [1.54, 1.807) is 6.07 Å². The zero-order valence-electron chi connectivity index (χ0n) is 14.7. The van der Waals surface area contributed by atoms with Crippen molar-refractivity contribution in [1.29, 1.82) is 0 Å². The highest BCUT2D eigenvalue weighted by Gasteiger charge is 2.18. The van der Waals surface area contributed by atoms with E-state index in [4.69, 9.17) is 5.84 Å². The van der Waals surface area contributed by atoms with E-state index in [0.717, 1.165) is 28.2 Å². The number of hydrogen-bond donors (Lipinski definition) is 2. The van der Waals surface area contributed by atoms with E-state index in [2.05, 4.69) is 46.4 Å². The van der Waals surface area contributed by atoms with Crippen LogP contribution in [-0.4, -0.2) is 10.5 Å². The number of carbonyl (C=O) groups is 1. The highest BCUT2D eigenvalue weighted by atomic mass is 16.2. The van der Waals surface area contributed by atoms with Crippen molar-refractivity contribution in [3.05, 3.63) is 103 Å². The normalized spacial score (nSPS) is 10.6. The van der Waals surface area contributed by atoms with Gasteiger partial charge in [-0.2, -0.15) is 0 Å². The maximum Gasteiger partial charge on any atom is 0.267 e. The van der Waals surface area contributed by atoms with Gasteiger partial charge in [0, 0.05) is 0 Å². The predicted octanol–water partition coefficient (Wildman–Crippen LogP) is 4.41. The highest BCUT2D eigenvalue weighted by Crippen LogP contribution is 2.33. The molecular formula is C23H19N3O. The number of hydrogen-bond acceptors (Lipinski definition) is 2. The number of hydrazine groups is 1. The number of amides is 1. The summed E-state index contributed by atoms with van der Waals surface area (Å²) in [5, 5.41) is 0. The minimum absolute atomic E-state index is 0.322. The fourth-order valence-electron chi connectivity index (χ4n) is 3.30. The molecule has 4 rings (SSSR count). The lowest BCUT2D eigenvalue weighted by Crippen LogP contribution is -2.31. The van der Waals surface area contributed by atoms with Crippen molar-refractivity contribution in [3.8, 4) is 28.2 Å². The molecule has 0 atom stereocenters. The second-order valence-corrected chi connectivity index (χ2v) is 6.16. The summed E-state index contributed by atoms with van der Waals surface area (Å²) < 4.78 is 2.11. The predicted molar refractivity (Wildman–Crippen MR) is 108 cm³/mol. The molecule has 132 valence electrons. The van der Waals surface area contributed by atoms with Gasteiger partial charge in [0.2, 0.25) is 0 Å². The Hall–Kier alpha value is -3.63. The van der Waals surface area contributed by atoms with Crippen molar-refractivity contribution in [2.45, 2.75) is 0 Å². The summed E-state index contributed by atoms with van der Waals surface area (Å²) >= 11 is 0. The fraction of sp³-hybridized carbons (Fsp3) is 0. The van der Waals surface area contributed by atoms with E-state index < -0.39 is 0 Å². The van der Waals surface area contributed by atoms with E-state index in [0.29, 0.717) is 5.56 Å². The van der Waals surface area contributed by atoms with Crippen LogP contribution in [0.2, 0.25) is 0 Å². The molecule has 1 aromatic heterocycles. The highest BCUT2D eigenvalue weighted by molar-refractivity contribution is 5.98. The van der Waals surface area contributed by atoms with E-state index in [1.165, 1.54) is 0 Å². The zero-order chi connectivity index (χ0) is 18.6. The van der Waals surface area contributed by atoms with Gasteiger partial charge in [0.15, 0.2) is 0 Å². The van der Waals surface area contributed by atoms with Gasteiger partial charge in [-0.1, -0.05) is 72.8 Å². The SMILES string of the molecule is NNC(=O)c1ccccc1-n1c(-c2ccccc2)ccc1-c1ccccc1. The molecule has 0 aliphatic heterocycles. The minimum atomic E-state index is -0.322. The third-order valence-electron chi connectivity index (χ3n) is 4.54. The van der Waals surface area contributed by atoms with Crippen LogP contribution in [0.15, 0.2) is 97.1 Å². The number of nitrogens with zero attached hydrogens (tertiary/aromatic N) is 1. The Bertz CT molecular complexity index is 1010. The molecule has 3 aromatic carbocycles. The van der Waals surface area contributed by atoms with Crippen LogP contribution in [0, 0.1) is 0 Å². The van der Waals surface area contributed by atoms with Gasteiger partial charge in [0.1, 0.15) is 0 Å². The Morgan fingerprint density at radius 1 is 0.667 bits per heavy atom. The molecule has 4 heteroatoms. The van der Waals surface area contributed by atoms with Crippen LogP contribution in [0.5, 0.6) is 0 Å². The zero-order valence-corrected chi connectivity index (χ0v) is 14.7. The standard InChI is InChI=1S/C23H19N3O/c24-25-23(27)19-13-7-8-14-22(19)26-20(17-9-3-1-4-10-17)15-16-21(26)18-11-5-2-6-12-18/h1-16H,24H2,(H,25,27).